The smallest absolute Gasteiger partial charge is 0.335 e. The summed E-state index contributed by atoms with van der Waals surface area (Å²) in [6.07, 6.45) is 6.30. The minimum Gasteiger partial charge on any atom is -0.478 e. The molecule has 0 amide bonds. The van der Waals surface area contributed by atoms with E-state index in [1.807, 2.05) is 14.0 Å². The normalized spacial score (nSPS) is 27.0. The Labute approximate surface area is 126 Å². The fourth-order valence-electron chi connectivity index (χ4n) is 4.12. The Hall–Kier alpha value is -1.58. The third kappa shape index (κ3) is 2.89. The van der Waals surface area contributed by atoms with Crippen molar-refractivity contribution in [2.24, 2.45) is 17.8 Å². The van der Waals surface area contributed by atoms with E-state index in [1.165, 1.54) is 25.7 Å². The number of aryl methyl sites for hydroxylation is 1. The van der Waals surface area contributed by atoms with Gasteiger partial charge in [-0.15, -0.1) is 0 Å². The quantitative estimate of drug-likeness (QED) is 0.904. The molecule has 0 saturated heterocycles. The van der Waals surface area contributed by atoms with Crippen molar-refractivity contribution < 1.29 is 9.90 Å². The summed E-state index contributed by atoms with van der Waals surface area (Å²) < 4.78 is 0. The minimum atomic E-state index is -0.873. The first-order valence-electron chi connectivity index (χ1n) is 8.02. The van der Waals surface area contributed by atoms with Crippen LogP contribution in [0.15, 0.2) is 12.1 Å². The van der Waals surface area contributed by atoms with Gasteiger partial charge in [0.25, 0.3) is 0 Å². The summed E-state index contributed by atoms with van der Waals surface area (Å²) in [5, 5.41) is 9.23. The summed E-state index contributed by atoms with van der Waals surface area (Å²) in [6.45, 7) is 3.01. The van der Waals surface area contributed by atoms with E-state index in [2.05, 4.69) is 9.88 Å². The SMILES string of the molecule is CCc1cc(C(=O)O)cc(N(C)CC2CC3CCC2C3)n1. The number of fused-ring (bicyclic) bond motifs is 2. The molecule has 2 aliphatic rings. The van der Waals surface area contributed by atoms with Gasteiger partial charge in [0, 0.05) is 19.3 Å². The van der Waals surface area contributed by atoms with Gasteiger partial charge in [-0.25, -0.2) is 9.78 Å². The number of anilines is 1. The molecule has 2 aliphatic carbocycles. The van der Waals surface area contributed by atoms with Crippen molar-refractivity contribution in [1.29, 1.82) is 0 Å². The molecule has 2 fully saturated rings. The molecule has 0 aromatic carbocycles. The topological polar surface area (TPSA) is 53.4 Å². The van der Waals surface area contributed by atoms with Gasteiger partial charge in [-0.2, -0.15) is 0 Å². The van der Waals surface area contributed by atoms with Gasteiger partial charge in [-0.3, -0.25) is 0 Å². The highest BCUT2D eigenvalue weighted by Gasteiger charge is 2.39. The van der Waals surface area contributed by atoms with Crippen molar-refractivity contribution in [3.8, 4) is 0 Å². The average Bonchev–Trinajstić information content (AvgIpc) is 3.09. The highest BCUT2D eigenvalue weighted by molar-refractivity contribution is 5.88. The largest absolute Gasteiger partial charge is 0.478 e. The van der Waals surface area contributed by atoms with Crippen LogP contribution in [-0.4, -0.2) is 29.7 Å². The lowest BCUT2D eigenvalue weighted by molar-refractivity contribution is 0.0696. The fourth-order valence-corrected chi connectivity index (χ4v) is 4.12. The summed E-state index contributed by atoms with van der Waals surface area (Å²) in [5.41, 5.74) is 1.20. The van der Waals surface area contributed by atoms with Gasteiger partial charge in [0.2, 0.25) is 0 Å². The second-order valence-corrected chi connectivity index (χ2v) is 6.68. The van der Waals surface area contributed by atoms with Gasteiger partial charge in [0.1, 0.15) is 5.82 Å². The van der Waals surface area contributed by atoms with Gasteiger partial charge in [-0.1, -0.05) is 13.3 Å². The molecular weight excluding hydrogens is 264 g/mol. The van der Waals surface area contributed by atoms with E-state index in [-0.39, 0.29) is 0 Å². The number of aromatic carboxylic acids is 1. The fraction of sp³-hybridized carbons (Fsp3) is 0.647. The Kier molecular flexibility index (Phi) is 3.87. The summed E-state index contributed by atoms with van der Waals surface area (Å²) in [5.74, 6) is 2.51. The Morgan fingerprint density at radius 2 is 2.19 bits per heavy atom. The maximum absolute atomic E-state index is 11.2. The second-order valence-electron chi connectivity index (χ2n) is 6.68. The number of carboxylic acid groups (broad SMARTS) is 1. The molecule has 2 saturated carbocycles. The van der Waals surface area contributed by atoms with Crippen molar-refractivity contribution in [2.45, 2.75) is 39.0 Å². The van der Waals surface area contributed by atoms with Crippen molar-refractivity contribution in [3.63, 3.8) is 0 Å². The van der Waals surface area contributed by atoms with Crippen LogP contribution >= 0.6 is 0 Å². The molecule has 2 bridgehead atoms. The molecule has 3 unspecified atom stereocenters. The number of hydrogen-bond acceptors (Lipinski definition) is 3. The molecule has 0 radical (unpaired) electrons. The Morgan fingerprint density at radius 1 is 1.38 bits per heavy atom. The number of hydrogen-bond donors (Lipinski definition) is 1. The van der Waals surface area contributed by atoms with Gasteiger partial charge >= 0.3 is 5.97 Å². The maximum Gasteiger partial charge on any atom is 0.335 e. The zero-order valence-electron chi connectivity index (χ0n) is 12.9. The first-order chi connectivity index (χ1) is 10.1. The monoisotopic (exact) mass is 288 g/mol. The van der Waals surface area contributed by atoms with Crippen molar-refractivity contribution in [2.75, 3.05) is 18.5 Å². The zero-order chi connectivity index (χ0) is 15.0. The third-order valence-corrected chi connectivity index (χ3v) is 5.26. The van der Waals surface area contributed by atoms with Crippen molar-refractivity contribution in [1.82, 2.24) is 4.98 Å². The summed E-state index contributed by atoms with van der Waals surface area (Å²) in [6, 6.07) is 3.38. The number of pyridine rings is 1. The Balaban J connectivity index is 1.75. The van der Waals surface area contributed by atoms with Crippen molar-refractivity contribution >= 4 is 11.8 Å². The lowest BCUT2D eigenvalue weighted by atomic mass is 9.88. The average molecular weight is 288 g/mol. The second kappa shape index (κ2) is 5.66. The van der Waals surface area contributed by atoms with Crippen LogP contribution in [0.25, 0.3) is 0 Å². The Bertz CT molecular complexity index is 544. The minimum absolute atomic E-state index is 0.344. The lowest BCUT2D eigenvalue weighted by Crippen LogP contribution is -2.29. The van der Waals surface area contributed by atoms with Gasteiger partial charge in [0.05, 0.1) is 5.56 Å². The van der Waals surface area contributed by atoms with Gasteiger partial charge < -0.3 is 10.0 Å². The predicted octanol–water partition coefficient (Wildman–Crippen LogP) is 3.21. The molecule has 1 aromatic rings. The van der Waals surface area contributed by atoms with Crippen LogP contribution in [0, 0.1) is 17.8 Å². The zero-order valence-corrected chi connectivity index (χ0v) is 12.9. The van der Waals surface area contributed by atoms with Crippen LogP contribution in [0.4, 0.5) is 5.82 Å². The lowest BCUT2D eigenvalue weighted by Gasteiger charge is -2.28. The highest BCUT2D eigenvalue weighted by Crippen LogP contribution is 2.48. The number of aromatic nitrogens is 1. The standard InChI is InChI=1S/C17H24N2O2/c1-3-15-8-13(17(20)21)9-16(18-15)19(2)10-14-7-11-4-5-12(14)6-11/h8-9,11-12,14H,3-7,10H2,1-2H3,(H,20,21). The molecule has 1 heterocycles. The molecule has 4 heteroatoms. The molecule has 21 heavy (non-hydrogen) atoms. The number of nitrogens with zero attached hydrogens (tertiary/aromatic N) is 2. The van der Waals surface area contributed by atoms with Crippen LogP contribution in [0.5, 0.6) is 0 Å². The van der Waals surface area contributed by atoms with Crippen LogP contribution in [0.1, 0.15) is 48.7 Å². The van der Waals surface area contributed by atoms with Crippen LogP contribution in [-0.2, 0) is 6.42 Å². The maximum atomic E-state index is 11.2. The number of carboxylic acids is 1. The molecule has 3 rings (SSSR count). The van der Waals surface area contributed by atoms with Crippen LogP contribution in [0.2, 0.25) is 0 Å². The van der Waals surface area contributed by atoms with E-state index >= 15 is 0 Å². The highest BCUT2D eigenvalue weighted by atomic mass is 16.4. The molecular formula is C17H24N2O2. The molecule has 1 aromatic heterocycles. The summed E-state index contributed by atoms with van der Waals surface area (Å²) >= 11 is 0. The Morgan fingerprint density at radius 3 is 2.76 bits per heavy atom. The number of rotatable bonds is 5. The molecule has 0 aliphatic heterocycles. The van der Waals surface area contributed by atoms with Gasteiger partial charge in [0.15, 0.2) is 0 Å². The molecule has 114 valence electrons. The number of carbonyl (C=O) groups is 1. The van der Waals surface area contributed by atoms with E-state index in [0.29, 0.717) is 5.56 Å². The van der Waals surface area contributed by atoms with Crippen LogP contribution < -0.4 is 4.90 Å². The summed E-state index contributed by atoms with van der Waals surface area (Å²) in [7, 11) is 2.04. The predicted molar refractivity (Wildman–Crippen MR) is 82.8 cm³/mol. The third-order valence-electron chi connectivity index (χ3n) is 5.26. The molecule has 0 spiro atoms. The summed E-state index contributed by atoms with van der Waals surface area (Å²) in [4.78, 5) is 18.0. The van der Waals surface area contributed by atoms with Crippen molar-refractivity contribution in [3.05, 3.63) is 23.4 Å². The van der Waals surface area contributed by atoms with Crippen LogP contribution in [0.3, 0.4) is 0 Å². The van der Waals surface area contributed by atoms with E-state index in [1.54, 1.807) is 12.1 Å². The molecule has 4 nitrogen and oxygen atoms in total. The van der Waals surface area contributed by atoms with E-state index in [4.69, 9.17) is 0 Å². The van der Waals surface area contributed by atoms with Gasteiger partial charge in [-0.05, 0) is 55.6 Å². The first-order valence-corrected chi connectivity index (χ1v) is 8.02. The first kappa shape index (κ1) is 14.4. The molecule has 1 N–H and O–H groups in total. The van der Waals surface area contributed by atoms with E-state index < -0.39 is 5.97 Å². The molecule has 3 atom stereocenters. The van der Waals surface area contributed by atoms with E-state index in [0.717, 1.165) is 42.2 Å². The van der Waals surface area contributed by atoms with E-state index in [9.17, 15) is 9.90 Å².